The molecular weight excluding hydrogens is 533 g/mol. The van der Waals surface area contributed by atoms with E-state index in [1.165, 1.54) is 36.4 Å². The summed E-state index contributed by atoms with van der Waals surface area (Å²) in [4.78, 5) is 36.9. The lowest BCUT2D eigenvalue weighted by Crippen LogP contribution is -2.32. The second kappa shape index (κ2) is 10.4. The number of carbonyl (C=O) groups is 2. The normalized spacial score (nSPS) is 12.7. The molecule has 0 radical (unpaired) electrons. The maximum absolute atomic E-state index is 13.7. The molecule has 2 amide bonds. The molecule has 7 nitrogen and oxygen atoms in total. The first-order valence-electron chi connectivity index (χ1n) is 11.8. The Kier molecular flexibility index (Phi) is 6.96. The van der Waals surface area contributed by atoms with Gasteiger partial charge in [0.1, 0.15) is 11.6 Å². The quantitative estimate of drug-likeness (QED) is 0.314. The Hall–Kier alpha value is -4.44. The van der Waals surface area contributed by atoms with Crippen LogP contribution in [-0.2, 0) is 6.42 Å². The second-order valence-electron chi connectivity index (χ2n) is 8.71. The van der Waals surface area contributed by atoms with E-state index >= 15 is 0 Å². The number of hydrogen-bond donors (Lipinski definition) is 1. The smallest absolute Gasteiger partial charge is 0.405 e. The number of aryl methyl sites for hydroxylation is 1. The number of rotatable bonds is 4. The molecule has 5 rings (SSSR count). The van der Waals surface area contributed by atoms with Crippen LogP contribution in [0.4, 0.5) is 24.5 Å². The first-order chi connectivity index (χ1) is 18.6. The zero-order valence-corrected chi connectivity index (χ0v) is 21.2. The largest absolute Gasteiger partial charge is 0.573 e. The minimum Gasteiger partial charge on any atom is -0.405 e. The van der Waals surface area contributed by atoms with Crippen molar-refractivity contribution in [2.75, 3.05) is 16.8 Å². The Morgan fingerprint density at radius 1 is 1.03 bits per heavy atom. The van der Waals surface area contributed by atoms with E-state index in [-0.39, 0.29) is 27.7 Å². The maximum atomic E-state index is 13.7. The lowest BCUT2D eigenvalue weighted by Gasteiger charge is -2.23. The second-order valence-corrected chi connectivity index (χ2v) is 9.11. The Bertz CT molecular complexity index is 1590. The molecular formula is C28H20ClF3N4O3. The van der Waals surface area contributed by atoms with Crippen molar-refractivity contribution in [3.8, 4) is 17.0 Å². The van der Waals surface area contributed by atoms with Crippen molar-refractivity contribution in [2.24, 2.45) is 0 Å². The summed E-state index contributed by atoms with van der Waals surface area (Å²) in [5, 5.41) is 2.57. The van der Waals surface area contributed by atoms with E-state index in [2.05, 4.69) is 20.0 Å². The van der Waals surface area contributed by atoms with Crippen LogP contribution in [0.5, 0.6) is 5.75 Å². The molecule has 0 bridgehead atoms. The predicted octanol–water partition coefficient (Wildman–Crippen LogP) is 6.46. The monoisotopic (exact) mass is 552 g/mol. The summed E-state index contributed by atoms with van der Waals surface area (Å²) in [5.41, 5.74) is 3.23. The SMILES string of the molecule is Cc1ncc2c(n1)-c1ccccc1N(C(=O)c1ccc(NC(=O)c3ccccc3OC(F)(F)F)cc1Cl)CC2. The molecule has 0 aliphatic carbocycles. The molecule has 1 aliphatic rings. The third-order valence-corrected chi connectivity index (χ3v) is 6.41. The Morgan fingerprint density at radius 2 is 1.77 bits per heavy atom. The van der Waals surface area contributed by atoms with Gasteiger partial charge in [-0.3, -0.25) is 9.59 Å². The van der Waals surface area contributed by atoms with E-state index < -0.39 is 18.0 Å². The van der Waals surface area contributed by atoms with Gasteiger partial charge in [0.05, 0.1) is 27.5 Å². The van der Waals surface area contributed by atoms with E-state index in [9.17, 15) is 22.8 Å². The third-order valence-electron chi connectivity index (χ3n) is 6.10. The predicted molar refractivity (Wildman–Crippen MR) is 140 cm³/mol. The van der Waals surface area contributed by atoms with Crippen molar-refractivity contribution in [3.63, 3.8) is 0 Å². The number of alkyl halides is 3. The molecule has 2 heterocycles. The minimum atomic E-state index is -4.96. The Balaban J connectivity index is 1.40. The molecule has 0 saturated heterocycles. The van der Waals surface area contributed by atoms with Gasteiger partial charge in [-0.25, -0.2) is 9.97 Å². The molecule has 0 spiro atoms. The van der Waals surface area contributed by atoms with Gasteiger partial charge in [0.15, 0.2) is 0 Å². The average molecular weight is 553 g/mol. The molecule has 198 valence electrons. The molecule has 39 heavy (non-hydrogen) atoms. The van der Waals surface area contributed by atoms with Crippen LogP contribution < -0.4 is 15.0 Å². The molecule has 1 aliphatic heterocycles. The third kappa shape index (κ3) is 5.56. The van der Waals surface area contributed by atoms with Gasteiger partial charge in [0, 0.05) is 24.0 Å². The number of fused-ring (bicyclic) bond motifs is 3. The number of benzene rings is 3. The van der Waals surface area contributed by atoms with Crippen LogP contribution in [0.2, 0.25) is 5.02 Å². The van der Waals surface area contributed by atoms with Gasteiger partial charge in [-0.1, -0.05) is 41.9 Å². The van der Waals surface area contributed by atoms with E-state index in [0.717, 1.165) is 22.9 Å². The zero-order chi connectivity index (χ0) is 27.7. The van der Waals surface area contributed by atoms with Crippen LogP contribution in [-0.4, -0.2) is 34.7 Å². The standard InChI is InChI=1S/C28H20ClF3N4O3/c1-16-33-15-17-12-13-36(23-8-4-2-6-20(23)25(17)34-16)27(38)19-11-10-18(14-22(19)29)35-26(37)21-7-3-5-9-24(21)39-28(30,31)32/h2-11,14-15H,12-13H2,1H3,(H,35,37). The fraction of sp³-hybridized carbons (Fsp3) is 0.143. The highest BCUT2D eigenvalue weighted by Crippen LogP contribution is 2.36. The van der Waals surface area contributed by atoms with Crippen molar-refractivity contribution in [1.29, 1.82) is 0 Å². The first-order valence-corrected chi connectivity index (χ1v) is 12.2. The molecule has 0 unspecified atom stereocenters. The zero-order valence-electron chi connectivity index (χ0n) is 20.4. The van der Waals surface area contributed by atoms with Crippen molar-refractivity contribution >= 4 is 34.8 Å². The average Bonchev–Trinajstić information content (AvgIpc) is 3.05. The number of halogens is 4. The highest BCUT2D eigenvalue weighted by atomic mass is 35.5. The number of para-hydroxylation sites is 2. The fourth-order valence-electron chi connectivity index (χ4n) is 4.36. The van der Waals surface area contributed by atoms with Crippen LogP contribution >= 0.6 is 11.6 Å². The van der Waals surface area contributed by atoms with Crippen LogP contribution in [0, 0.1) is 6.92 Å². The minimum absolute atomic E-state index is 0.0625. The van der Waals surface area contributed by atoms with Gasteiger partial charge in [-0.2, -0.15) is 0 Å². The van der Waals surface area contributed by atoms with E-state index in [4.69, 9.17) is 11.6 Å². The van der Waals surface area contributed by atoms with Gasteiger partial charge in [-0.15, -0.1) is 13.2 Å². The Morgan fingerprint density at radius 3 is 2.54 bits per heavy atom. The highest BCUT2D eigenvalue weighted by molar-refractivity contribution is 6.35. The van der Waals surface area contributed by atoms with Crippen molar-refractivity contribution < 1.29 is 27.5 Å². The number of carbonyl (C=O) groups excluding carboxylic acids is 2. The lowest BCUT2D eigenvalue weighted by atomic mass is 10.0. The summed E-state index contributed by atoms with van der Waals surface area (Å²) in [7, 11) is 0. The van der Waals surface area contributed by atoms with E-state index in [0.29, 0.717) is 24.5 Å². The molecule has 1 N–H and O–H groups in total. The van der Waals surface area contributed by atoms with Crippen molar-refractivity contribution in [1.82, 2.24) is 9.97 Å². The Labute approximate surface area is 226 Å². The van der Waals surface area contributed by atoms with Crippen molar-refractivity contribution in [3.05, 3.63) is 100 Å². The number of nitrogens with zero attached hydrogens (tertiary/aromatic N) is 3. The number of ether oxygens (including phenoxy) is 1. The summed E-state index contributed by atoms with van der Waals surface area (Å²) in [6.45, 7) is 2.17. The molecule has 0 saturated carbocycles. The van der Waals surface area contributed by atoms with Gasteiger partial charge >= 0.3 is 6.36 Å². The molecule has 3 aromatic carbocycles. The molecule has 0 atom stereocenters. The summed E-state index contributed by atoms with van der Waals surface area (Å²) in [5.74, 6) is -1.20. The number of aromatic nitrogens is 2. The number of hydrogen-bond acceptors (Lipinski definition) is 5. The van der Waals surface area contributed by atoms with E-state index in [1.54, 1.807) is 18.0 Å². The summed E-state index contributed by atoms with van der Waals surface area (Å²) in [6.07, 6.45) is -2.66. The van der Waals surface area contributed by atoms with Crippen LogP contribution in [0.3, 0.4) is 0 Å². The lowest BCUT2D eigenvalue weighted by molar-refractivity contribution is -0.274. The molecule has 11 heteroatoms. The maximum Gasteiger partial charge on any atom is 0.573 e. The summed E-state index contributed by atoms with van der Waals surface area (Å²) >= 11 is 6.47. The fourth-order valence-corrected chi connectivity index (χ4v) is 4.62. The van der Waals surface area contributed by atoms with Crippen LogP contribution in [0.15, 0.2) is 72.9 Å². The number of nitrogens with one attached hydrogen (secondary N) is 1. The van der Waals surface area contributed by atoms with Gasteiger partial charge in [-0.05, 0) is 55.3 Å². The number of anilines is 2. The van der Waals surface area contributed by atoms with Crippen LogP contribution in [0.25, 0.3) is 11.3 Å². The molecule has 1 aromatic heterocycles. The topological polar surface area (TPSA) is 84.4 Å². The molecule has 0 fully saturated rings. The van der Waals surface area contributed by atoms with Crippen LogP contribution in [0.1, 0.15) is 32.1 Å². The van der Waals surface area contributed by atoms with Gasteiger partial charge in [0.2, 0.25) is 0 Å². The van der Waals surface area contributed by atoms with Gasteiger partial charge in [0.25, 0.3) is 11.8 Å². The van der Waals surface area contributed by atoms with E-state index in [1.807, 2.05) is 24.3 Å². The van der Waals surface area contributed by atoms with Gasteiger partial charge < -0.3 is 15.0 Å². The summed E-state index contributed by atoms with van der Waals surface area (Å²) in [6, 6.07) is 16.7. The first kappa shape index (κ1) is 26.2. The molecule has 4 aromatic rings. The number of amides is 2. The summed E-state index contributed by atoms with van der Waals surface area (Å²) < 4.78 is 42.2. The van der Waals surface area contributed by atoms with Crippen molar-refractivity contribution in [2.45, 2.75) is 19.7 Å². The highest BCUT2D eigenvalue weighted by Gasteiger charge is 2.33.